The molecule has 150 valence electrons. The highest BCUT2D eigenvalue weighted by atomic mass is 32.2. The highest BCUT2D eigenvalue weighted by molar-refractivity contribution is 8.00. The van der Waals surface area contributed by atoms with E-state index in [1.165, 1.54) is 23.9 Å². The summed E-state index contributed by atoms with van der Waals surface area (Å²) < 4.78 is 67.8. The van der Waals surface area contributed by atoms with Crippen molar-refractivity contribution in [1.82, 2.24) is 0 Å². The van der Waals surface area contributed by atoms with Gasteiger partial charge in [-0.15, -0.1) is 24.9 Å². The molecule has 0 bridgehead atoms. The van der Waals surface area contributed by atoms with Crippen LogP contribution in [-0.2, 0) is 14.8 Å². The molecule has 0 aromatic heterocycles. The topological polar surface area (TPSA) is 84.5 Å². The van der Waals surface area contributed by atoms with Gasteiger partial charge in [0.2, 0.25) is 5.91 Å². The third-order valence-electron chi connectivity index (χ3n) is 3.68. The van der Waals surface area contributed by atoms with Crippen LogP contribution in [0.4, 0.5) is 24.5 Å². The fourth-order valence-electron chi connectivity index (χ4n) is 2.54. The average molecular weight is 432 g/mol. The van der Waals surface area contributed by atoms with Crippen molar-refractivity contribution in [3.05, 3.63) is 42.5 Å². The van der Waals surface area contributed by atoms with Gasteiger partial charge in [-0.25, -0.2) is 8.42 Å². The molecule has 2 aromatic carbocycles. The van der Waals surface area contributed by atoms with E-state index in [1.54, 1.807) is 6.07 Å². The summed E-state index contributed by atoms with van der Waals surface area (Å²) in [6, 6.07) is 8.67. The number of hydrogen-bond acceptors (Lipinski definition) is 5. The molecule has 2 aromatic rings. The number of ether oxygens (including phenoxy) is 1. The van der Waals surface area contributed by atoms with Crippen LogP contribution in [0.3, 0.4) is 0 Å². The molecule has 28 heavy (non-hydrogen) atoms. The van der Waals surface area contributed by atoms with Crippen LogP contribution >= 0.6 is 11.8 Å². The SMILES string of the molecule is CC1CC(=O)Nc2cc(S(=O)(=O)Nc3ccc(OC(F)(F)F)cc3)ccc2S1. The summed E-state index contributed by atoms with van der Waals surface area (Å²) in [5, 5.41) is 2.74. The number of nitrogens with one attached hydrogen (secondary N) is 2. The van der Waals surface area contributed by atoms with Crippen LogP contribution in [0.5, 0.6) is 5.75 Å². The Hall–Kier alpha value is -2.40. The number of hydrogen-bond donors (Lipinski definition) is 2. The van der Waals surface area contributed by atoms with Crippen molar-refractivity contribution < 1.29 is 31.1 Å². The largest absolute Gasteiger partial charge is 0.573 e. The van der Waals surface area contributed by atoms with Gasteiger partial charge in [-0.1, -0.05) is 6.92 Å². The zero-order valence-electron chi connectivity index (χ0n) is 14.4. The van der Waals surface area contributed by atoms with Crippen molar-refractivity contribution in [3.63, 3.8) is 0 Å². The number of halogens is 3. The summed E-state index contributed by atoms with van der Waals surface area (Å²) in [6.45, 7) is 1.90. The first kappa shape index (κ1) is 20.3. The number of fused-ring (bicyclic) bond motifs is 1. The molecule has 0 radical (unpaired) electrons. The van der Waals surface area contributed by atoms with E-state index < -0.39 is 22.1 Å². The fraction of sp³-hybridized carbons (Fsp3) is 0.235. The van der Waals surface area contributed by atoms with Gasteiger partial charge in [0.1, 0.15) is 5.75 Å². The van der Waals surface area contributed by atoms with E-state index in [0.717, 1.165) is 29.2 Å². The van der Waals surface area contributed by atoms with Crippen LogP contribution in [0.1, 0.15) is 13.3 Å². The van der Waals surface area contributed by atoms with Crippen molar-refractivity contribution in [1.29, 1.82) is 0 Å². The van der Waals surface area contributed by atoms with Crippen LogP contribution in [0.15, 0.2) is 52.3 Å². The monoisotopic (exact) mass is 432 g/mol. The maximum Gasteiger partial charge on any atom is 0.573 e. The van der Waals surface area contributed by atoms with Gasteiger partial charge in [0.05, 0.1) is 10.6 Å². The number of anilines is 2. The summed E-state index contributed by atoms with van der Waals surface area (Å²) in [6.07, 6.45) is -4.52. The second kappa shape index (κ2) is 7.55. The molecule has 0 fully saturated rings. The van der Waals surface area contributed by atoms with Crippen LogP contribution in [0, 0.1) is 0 Å². The molecule has 0 aliphatic carbocycles. The number of alkyl halides is 3. The first-order valence-electron chi connectivity index (χ1n) is 8.01. The van der Waals surface area contributed by atoms with Crippen molar-refractivity contribution in [2.75, 3.05) is 10.0 Å². The fourth-order valence-corrected chi connectivity index (χ4v) is 4.67. The van der Waals surface area contributed by atoms with E-state index >= 15 is 0 Å². The van der Waals surface area contributed by atoms with E-state index in [-0.39, 0.29) is 21.7 Å². The van der Waals surface area contributed by atoms with Gasteiger partial charge in [0, 0.05) is 22.3 Å². The molecule has 0 saturated carbocycles. The quantitative estimate of drug-likeness (QED) is 0.756. The Morgan fingerprint density at radius 1 is 1.18 bits per heavy atom. The lowest BCUT2D eigenvalue weighted by Gasteiger charge is -2.13. The average Bonchev–Trinajstić information content (AvgIpc) is 2.70. The summed E-state index contributed by atoms with van der Waals surface area (Å²) in [4.78, 5) is 12.5. The number of amides is 1. The molecule has 1 aliphatic heterocycles. The second-order valence-corrected chi connectivity index (χ2v) is 9.18. The summed E-state index contributed by atoms with van der Waals surface area (Å²) in [5.74, 6) is -0.671. The zero-order chi connectivity index (χ0) is 20.5. The molecular weight excluding hydrogens is 417 g/mol. The minimum atomic E-state index is -4.83. The van der Waals surface area contributed by atoms with Gasteiger partial charge in [0.25, 0.3) is 10.0 Å². The number of carbonyl (C=O) groups excluding carboxylic acids is 1. The van der Waals surface area contributed by atoms with Gasteiger partial charge in [-0.3, -0.25) is 9.52 Å². The zero-order valence-corrected chi connectivity index (χ0v) is 16.0. The molecule has 11 heteroatoms. The first-order chi connectivity index (χ1) is 13.0. The van der Waals surface area contributed by atoms with Gasteiger partial charge in [-0.05, 0) is 42.5 Å². The Morgan fingerprint density at radius 2 is 1.86 bits per heavy atom. The van der Waals surface area contributed by atoms with Crippen LogP contribution in [-0.4, -0.2) is 25.9 Å². The molecule has 3 rings (SSSR count). The molecular formula is C17H15F3N2O4S2. The van der Waals surface area contributed by atoms with Gasteiger partial charge in [-0.2, -0.15) is 0 Å². The Labute approximate surface area is 163 Å². The minimum absolute atomic E-state index is 0.0549. The molecule has 0 saturated heterocycles. The third kappa shape index (κ3) is 5.10. The molecule has 1 aliphatic rings. The number of thioether (sulfide) groups is 1. The lowest BCUT2D eigenvalue weighted by Crippen LogP contribution is -2.17. The molecule has 0 spiro atoms. The Kier molecular flexibility index (Phi) is 5.48. The Bertz CT molecular complexity index is 992. The van der Waals surface area contributed by atoms with Crippen molar-refractivity contribution in [2.24, 2.45) is 0 Å². The number of sulfonamides is 1. The number of rotatable bonds is 4. The molecule has 1 heterocycles. The van der Waals surface area contributed by atoms with E-state index in [9.17, 15) is 26.4 Å². The minimum Gasteiger partial charge on any atom is -0.406 e. The highest BCUT2D eigenvalue weighted by Crippen LogP contribution is 2.36. The Morgan fingerprint density at radius 3 is 2.50 bits per heavy atom. The normalized spacial score (nSPS) is 17.3. The maximum atomic E-state index is 12.6. The van der Waals surface area contributed by atoms with Gasteiger partial charge in [0.15, 0.2) is 0 Å². The highest BCUT2D eigenvalue weighted by Gasteiger charge is 2.31. The lowest BCUT2D eigenvalue weighted by atomic mass is 10.3. The van der Waals surface area contributed by atoms with E-state index in [0.29, 0.717) is 12.1 Å². The van der Waals surface area contributed by atoms with E-state index in [2.05, 4.69) is 14.8 Å². The molecule has 1 unspecified atom stereocenters. The van der Waals surface area contributed by atoms with Crippen LogP contribution < -0.4 is 14.8 Å². The second-order valence-electron chi connectivity index (χ2n) is 6.02. The Balaban J connectivity index is 1.81. The smallest absolute Gasteiger partial charge is 0.406 e. The molecule has 1 amide bonds. The van der Waals surface area contributed by atoms with Gasteiger partial charge < -0.3 is 10.1 Å². The maximum absolute atomic E-state index is 12.6. The first-order valence-corrected chi connectivity index (χ1v) is 10.4. The molecule has 2 N–H and O–H groups in total. The standard InChI is InChI=1S/C17H15F3N2O4S2/c1-10-8-16(23)21-14-9-13(6-7-15(14)27-10)28(24,25)22-11-2-4-12(5-3-11)26-17(18,19)20/h2-7,9-10,22H,8H2,1H3,(H,21,23). The van der Waals surface area contributed by atoms with Crippen molar-refractivity contribution >= 4 is 39.1 Å². The summed E-state index contributed by atoms with van der Waals surface area (Å²) in [5.41, 5.74) is 0.465. The summed E-state index contributed by atoms with van der Waals surface area (Å²) >= 11 is 1.46. The van der Waals surface area contributed by atoms with Crippen molar-refractivity contribution in [2.45, 2.75) is 34.7 Å². The summed E-state index contributed by atoms with van der Waals surface area (Å²) in [7, 11) is -4.01. The molecule has 6 nitrogen and oxygen atoms in total. The van der Waals surface area contributed by atoms with Crippen LogP contribution in [0.2, 0.25) is 0 Å². The van der Waals surface area contributed by atoms with Crippen LogP contribution in [0.25, 0.3) is 0 Å². The van der Waals surface area contributed by atoms with Gasteiger partial charge >= 0.3 is 6.36 Å². The third-order valence-corrected chi connectivity index (χ3v) is 6.23. The predicted molar refractivity (Wildman–Crippen MR) is 98.9 cm³/mol. The van der Waals surface area contributed by atoms with E-state index in [4.69, 9.17) is 0 Å². The lowest BCUT2D eigenvalue weighted by molar-refractivity contribution is -0.274. The molecule has 1 atom stereocenters. The number of benzene rings is 2. The predicted octanol–water partition coefficient (Wildman–Crippen LogP) is 4.21. The van der Waals surface area contributed by atoms with E-state index in [1.807, 2.05) is 6.92 Å². The number of carbonyl (C=O) groups is 1. The van der Waals surface area contributed by atoms with Crippen molar-refractivity contribution in [3.8, 4) is 5.75 Å².